The van der Waals surface area contributed by atoms with Crippen molar-refractivity contribution in [3.8, 4) is 5.69 Å². The predicted molar refractivity (Wildman–Crippen MR) is 88.4 cm³/mol. The summed E-state index contributed by atoms with van der Waals surface area (Å²) in [6.07, 6.45) is 4.65. The lowest BCUT2D eigenvalue weighted by Crippen LogP contribution is -2.40. The summed E-state index contributed by atoms with van der Waals surface area (Å²) < 4.78 is 1.62. The lowest BCUT2D eigenvalue weighted by molar-refractivity contribution is 0.0429. The second-order valence-corrected chi connectivity index (χ2v) is 6.50. The smallest absolute Gasteiger partial charge is 0.251 e. The van der Waals surface area contributed by atoms with E-state index in [0.717, 1.165) is 12.1 Å². The minimum absolute atomic E-state index is 0.194. The van der Waals surface area contributed by atoms with Gasteiger partial charge in [0.05, 0.1) is 11.3 Å². The molecule has 23 heavy (non-hydrogen) atoms. The molecule has 0 aliphatic rings. The molecule has 0 saturated heterocycles. The molecule has 1 aromatic heterocycles. The number of hydrogen-bond donors (Lipinski definition) is 2. The summed E-state index contributed by atoms with van der Waals surface area (Å²) in [7, 11) is 0. The summed E-state index contributed by atoms with van der Waals surface area (Å²) in [5.74, 6) is 0.335. The first-order valence-corrected chi connectivity index (χ1v) is 7.83. The number of nitrogens with one attached hydrogen (secondary N) is 1. The summed E-state index contributed by atoms with van der Waals surface area (Å²) in [5, 5.41) is 17.1. The van der Waals surface area contributed by atoms with E-state index in [4.69, 9.17) is 0 Å². The fourth-order valence-corrected chi connectivity index (χ4v) is 2.17. The Bertz CT molecular complexity index is 619. The standard InChI is InChI=1S/C17H24N4O2/c1-13(2)8-9-17(3,23)10-19-16(22)14-4-6-15(7-5-14)21-12-18-11-20-21/h4-7,11-13,23H,8-10H2,1-3H3,(H,19,22). The molecule has 0 fully saturated rings. The van der Waals surface area contributed by atoms with Gasteiger partial charge >= 0.3 is 0 Å². The van der Waals surface area contributed by atoms with Crippen molar-refractivity contribution in [1.29, 1.82) is 0 Å². The number of benzene rings is 1. The molecule has 1 amide bonds. The number of aromatic nitrogens is 3. The zero-order valence-electron chi connectivity index (χ0n) is 13.9. The Kier molecular flexibility index (Phi) is 5.50. The van der Waals surface area contributed by atoms with Crippen LogP contribution in [0, 0.1) is 5.92 Å². The molecule has 0 spiro atoms. The Hall–Kier alpha value is -2.21. The van der Waals surface area contributed by atoms with Gasteiger partial charge in [0.25, 0.3) is 5.91 Å². The van der Waals surface area contributed by atoms with Crippen LogP contribution in [-0.2, 0) is 0 Å². The monoisotopic (exact) mass is 316 g/mol. The van der Waals surface area contributed by atoms with Gasteiger partial charge in [-0.3, -0.25) is 4.79 Å². The molecular formula is C17H24N4O2. The molecule has 1 unspecified atom stereocenters. The predicted octanol–water partition coefficient (Wildman–Crippen LogP) is 2.18. The highest BCUT2D eigenvalue weighted by Gasteiger charge is 2.21. The van der Waals surface area contributed by atoms with Crippen molar-refractivity contribution < 1.29 is 9.90 Å². The van der Waals surface area contributed by atoms with Gasteiger partial charge in [-0.05, 0) is 49.9 Å². The third-order valence-electron chi connectivity index (χ3n) is 3.70. The van der Waals surface area contributed by atoms with Crippen LogP contribution in [0.4, 0.5) is 0 Å². The fourth-order valence-electron chi connectivity index (χ4n) is 2.17. The topological polar surface area (TPSA) is 80.0 Å². The van der Waals surface area contributed by atoms with E-state index in [1.165, 1.54) is 6.33 Å². The molecule has 0 radical (unpaired) electrons. The van der Waals surface area contributed by atoms with Gasteiger partial charge in [0, 0.05) is 12.1 Å². The maximum absolute atomic E-state index is 12.2. The highest BCUT2D eigenvalue weighted by molar-refractivity contribution is 5.94. The van der Waals surface area contributed by atoms with E-state index in [9.17, 15) is 9.90 Å². The van der Waals surface area contributed by atoms with Crippen LogP contribution in [0.1, 0.15) is 44.0 Å². The van der Waals surface area contributed by atoms with Crippen LogP contribution in [0.25, 0.3) is 5.69 Å². The largest absolute Gasteiger partial charge is 0.388 e. The van der Waals surface area contributed by atoms with Crippen molar-refractivity contribution in [2.45, 2.75) is 39.2 Å². The quantitative estimate of drug-likeness (QED) is 0.820. The van der Waals surface area contributed by atoms with Gasteiger partial charge in [0.2, 0.25) is 0 Å². The third kappa shape index (κ3) is 5.17. The van der Waals surface area contributed by atoms with Crippen molar-refractivity contribution in [2.75, 3.05) is 6.54 Å². The molecule has 2 rings (SSSR count). The molecule has 2 N–H and O–H groups in total. The van der Waals surface area contributed by atoms with Crippen LogP contribution in [0.3, 0.4) is 0 Å². The van der Waals surface area contributed by atoms with Gasteiger partial charge in [0.1, 0.15) is 12.7 Å². The molecule has 2 aromatic rings. The number of carbonyl (C=O) groups excluding carboxylic acids is 1. The summed E-state index contributed by atoms with van der Waals surface area (Å²) in [4.78, 5) is 16.1. The number of amides is 1. The highest BCUT2D eigenvalue weighted by Crippen LogP contribution is 2.16. The molecule has 6 nitrogen and oxygen atoms in total. The van der Waals surface area contributed by atoms with Gasteiger partial charge in [-0.25, -0.2) is 9.67 Å². The number of rotatable bonds is 7. The molecule has 124 valence electrons. The van der Waals surface area contributed by atoms with Crippen molar-refractivity contribution in [3.63, 3.8) is 0 Å². The number of aliphatic hydroxyl groups is 1. The van der Waals surface area contributed by atoms with E-state index in [-0.39, 0.29) is 12.5 Å². The Morgan fingerprint density at radius 1 is 1.35 bits per heavy atom. The Balaban J connectivity index is 1.90. The van der Waals surface area contributed by atoms with Crippen molar-refractivity contribution in [2.24, 2.45) is 5.92 Å². The SMILES string of the molecule is CC(C)CCC(C)(O)CNC(=O)c1ccc(-n2cncn2)cc1. The second-order valence-electron chi connectivity index (χ2n) is 6.50. The van der Waals surface area contributed by atoms with Crippen LogP contribution in [0.2, 0.25) is 0 Å². The minimum atomic E-state index is -0.888. The maximum Gasteiger partial charge on any atom is 0.251 e. The van der Waals surface area contributed by atoms with Gasteiger partial charge in [-0.2, -0.15) is 5.10 Å². The molecular weight excluding hydrogens is 292 g/mol. The lowest BCUT2D eigenvalue weighted by Gasteiger charge is -2.24. The Labute approximate surface area is 136 Å². The van der Waals surface area contributed by atoms with Gasteiger partial charge < -0.3 is 10.4 Å². The van der Waals surface area contributed by atoms with Crippen molar-refractivity contribution in [1.82, 2.24) is 20.1 Å². The van der Waals surface area contributed by atoms with Crippen LogP contribution < -0.4 is 5.32 Å². The molecule has 1 heterocycles. The van der Waals surface area contributed by atoms with Crippen LogP contribution in [0.15, 0.2) is 36.9 Å². The van der Waals surface area contributed by atoms with Crippen molar-refractivity contribution >= 4 is 5.91 Å². The first-order chi connectivity index (χ1) is 10.9. The zero-order valence-corrected chi connectivity index (χ0v) is 13.9. The van der Waals surface area contributed by atoms with Gasteiger partial charge in [0.15, 0.2) is 0 Å². The summed E-state index contributed by atoms with van der Waals surface area (Å²) in [5.41, 5.74) is 0.497. The molecule has 0 saturated carbocycles. The number of carbonyl (C=O) groups is 1. The number of hydrogen-bond acceptors (Lipinski definition) is 4. The third-order valence-corrected chi connectivity index (χ3v) is 3.70. The van der Waals surface area contributed by atoms with E-state index in [1.807, 2.05) is 0 Å². The first kappa shape index (κ1) is 17.1. The molecule has 0 bridgehead atoms. The normalized spacial score (nSPS) is 13.8. The van der Waals surface area contributed by atoms with E-state index in [0.29, 0.717) is 17.9 Å². The highest BCUT2D eigenvalue weighted by atomic mass is 16.3. The van der Waals surface area contributed by atoms with E-state index < -0.39 is 5.60 Å². The van der Waals surface area contributed by atoms with Crippen molar-refractivity contribution in [3.05, 3.63) is 42.5 Å². The summed E-state index contributed by atoms with van der Waals surface area (Å²) >= 11 is 0. The molecule has 6 heteroatoms. The molecule has 0 aliphatic carbocycles. The zero-order chi connectivity index (χ0) is 16.9. The minimum Gasteiger partial charge on any atom is -0.388 e. The second kappa shape index (κ2) is 7.37. The molecule has 1 atom stereocenters. The summed E-state index contributed by atoms with van der Waals surface area (Å²) in [6, 6.07) is 7.07. The summed E-state index contributed by atoms with van der Waals surface area (Å²) in [6.45, 7) is 6.23. The van der Waals surface area contributed by atoms with E-state index >= 15 is 0 Å². The first-order valence-electron chi connectivity index (χ1n) is 7.83. The maximum atomic E-state index is 12.2. The Morgan fingerprint density at radius 3 is 2.61 bits per heavy atom. The van der Waals surface area contributed by atoms with Gasteiger partial charge in [-0.15, -0.1) is 0 Å². The molecule has 0 aliphatic heterocycles. The lowest BCUT2D eigenvalue weighted by atomic mass is 9.95. The van der Waals surface area contributed by atoms with E-state index in [1.54, 1.807) is 42.2 Å². The van der Waals surface area contributed by atoms with Crippen LogP contribution in [-0.4, -0.2) is 37.9 Å². The van der Waals surface area contributed by atoms with Crippen LogP contribution >= 0.6 is 0 Å². The average Bonchev–Trinajstić information content (AvgIpc) is 3.05. The number of nitrogens with zero attached hydrogens (tertiary/aromatic N) is 3. The fraction of sp³-hybridized carbons (Fsp3) is 0.471. The van der Waals surface area contributed by atoms with Gasteiger partial charge in [-0.1, -0.05) is 13.8 Å². The molecule has 1 aromatic carbocycles. The average molecular weight is 316 g/mol. The van der Waals surface area contributed by atoms with Crippen LogP contribution in [0.5, 0.6) is 0 Å². The Morgan fingerprint density at radius 2 is 2.04 bits per heavy atom. The van der Waals surface area contributed by atoms with E-state index in [2.05, 4.69) is 29.2 Å².